The topological polar surface area (TPSA) is 32.5 Å². The Morgan fingerprint density at radius 3 is 2.22 bits per heavy atom. The van der Waals surface area contributed by atoms with E-state index in [1.54, 1.807) is 0 Å². The van der Waals surface area contributed by atoms with Gasteiger partial charge in [-0.2, -0.15) is 0 Å². The molecule has 1 fully saturated rings. The summed E-state index contributed by atoms with van der Waals surface area (Å²) in [7, 11) is 2.15. The van der Waals surface area contributed by atoms with E-state index in [9.17, 15) is 0 Å². The Hall–Kier alpha value is -0.970. The van der Waals surface area contributed by atoms with E-state index in [1.807, 2.05) is 0 Å². The van der Waals surface area contributed by atoms with Crippen LogP contribution in [0, 0.1) is 6.92 Å². The number of hydrogen-bond acceptors (Lipinski definition) is 3. The molecule has 1 aliphatic rings. The zero-order valence-corrected chi connectivity index (χ0v) is 11.9. The van der Waals surface area contributed by atoms with Crippen LogP contribution < -0.4 is 5.73 Å². The Balaban J connectivity index is 2.18. The number of aryl methyl sites for hydroxylation is 1. The van der Waals surface area contributed by atoms with Gasteiger partial charge in [0.2, 0.25) is 0 Å². The van der Waals surface area contributed by atoms with Crippen molar-refractivity contribution < 1.29 is 0 Å². The molecule has 1 aromatic rings. The molecule has 3 nitrogen and oxygen atoms in total. The molecule has 1 aromatic carbocycles. The maximum absolute atomic E-state index is 5.95. The first-order valence-electron chi connectivity index (χ1n) is 6.36. The predicted octanol–water partition coefficient (Wildman–Crippen LogP) is 1.57. The normalized spacial score (nSPS) is 19.7. The number of likely N-dealkylation sites (N-methyl/N-ethyl adjacent to an activating group) is 1. The number of hydrogen-bond donors (Lipinski definition) is 1. The molecule has 0 aliphatic carbocycles. The SMILES string of the molecule is Cc1ccc(C(C(N)=S)N2CCN(C)CC2)cc1. The summed E-state index contributed by atoms with van der Waals surface area (Å²) >= 11 is 5.26. The number of benzene rings is 1. The van der Waals surface area contributed by atoms with Crippen LogP contribution in [0.1, 0.15) is 17.2 Å². The van der Waals surface area contributed by atoms with Crippen LogP contribution in [0.3, 0.4) is 0 Å². The summed E-state index contributed by atoms with van der Waals surface area (Å²) in [5.41, 5.74) is 8.42. The van der Waals surface area contributed by atoms with E-state index >= 15 is 0 Å². The molecule has 0 amide bonds. The zero-order valence-electron chi connectivity index (χ0n) is 11.1. The molecular formula is C14H21N3S. The molecule has 0 saturated carbocycles. The second-order valence-electron chi connectivity index (χ2n) is 5.05. The van der Waals surface area contributed by atoms with Gasteiger partial charge in [-0.3, -0.25) is 4.90 Å². The fraction of sp³-hybridized carbons (Fsp3) is 0.500. The summed E-state index contributed by atoms with van der Waals surface area (Å²) in [6.45, 7) is 6.28. The quantitative estimate of drug-likeness (QED) is 0.839. The number of thiocarbonyl (C=S) groups is 1. The van der Waals surface area contributed by atoms with Gasteiger partial charge in [0.15, 0.2) is 0 Å². The molecule has 1 atom stereocenters. The predicted molar refractivity (Wildman–Crippen MR) is 79.8 cm³/mol. The Morgan fingerprint density at radius 2 is 1.72 bits per heavy atom. The molecule has 0 spiro atoms. The first kappa shape index (κ1) is 13.5. The molecule has 1 heterocycles. The van der Waals surface area contributed by atoms with E-state index in [0.29, 0.717) is 4.99 Å². The van der Waals surface area contributed by atoms with Gasteiger partial charge in [-0.25, -0.2) is 0 Å². The van der Waals surface area contributed by atoms with Gasteiger partial charge in [0, 0.05) is 26.2 Å². The van der Waals surface area contributed by atoms with Crippen molar-refractivity contribution in [3.05, 3.63) is 35.4 Å². The van der Waals surface area contributed by atoms with Crippen molar-refractivity contribution in [2.45, 2.75) is 13.0 Å². The Kier molecular flexibility index (Phi) is 4.32. The monoisotopic (exact) mass is 263 g/mol. The van der Waals surface area contributed by atoms with E-state index in [0.717, 1.165) is 26.2 Å². The van der Waals surface area contributed by atoms with Crippen LogP contribution in [0.15, 0.2) is 24.3 Å². The number of rotatable bonds is 3. The molecule has 1 unspecified atom stereocenters. The van der Waals surface area contributed by atoms with Crippen LogP contribution in [-0.2, 0) is 0 Å². The van der Waals surface area contributed by atoms with Crippen molar-refractivity contribution in [3.8, 4) is 0 Å². The highest BCUT2D eigenvalue weighted by Crippen LogP contribution is 2.22. The summed E-state index contributed by atoms with van der Waals surface area (Å²) in [5, 5.41) is 0. The van der Waals surface area contributed by atoms with Gasteiger partial charge >= 0.3 is 0 Å². The van der Waals surface area contributed by atoms with Crippen LogP contribution >= 0.6 is 12.2 Å². The first-order chi connectivity index (χ1) is 8.58. The molecule has 2 N–H and O–H groups in total. The third-order valence-corrected chi connectivity index (χ3v) is 3.79. The molecule has 18 heavy (non-hydrogen) atoms. The summed E-state index contributed by atoms with van der Waals surface area (Å²) in [5.74, 6) is 0. The number of piperazine rings is 1. The average Bonchev–Trinajstić information content (AvgIpc) is 2.34. The second-order valence-corrected chi connectivity index (χ2v) is 5.53. The van der Waals surface area contributed by atoms with Crippen molar-refractivity contribution >= 4 is 17.2 Å². The van der Waals surface area contributed by atoms with Crippen molar-refractivity contribution in [1.82, 2.24) is 9.80 Å². The van der Waals surface area contributed by atoms with Crippen LogP contribution in [0.4, 0.5) is 0 Å². The molecule has 0 radical (unpaired) electrons. The van der Waals surface area contributed by atoms with E-state index in [1.165, 1.54) is 11.1 Å². The van der Waals surface area contributed by atoms with Gasteiger partial charge < -0.3 is 10.6 Å². The summed E-state index contributed by atoms with van der Waals surface area (Å²) in [6, 6.07) is 8.59. The standard InChI is InChI=1S/C14H21N3S/c1-11-3-5-12(6-4-11)13(14(15)18)17-9-7-16(2)8-10-17/h3-6,13H,7-10H2,1-2H3,(H2,15,18). The maximum Gasteiger partial charge on any atom is 0.0948 e. The Morgan fingerprint density at radius 1 is 1.17 bits per heavy atom. The minimum Gasteiger partial charge on any atom is -0.392 e. The summed E-state index contributed by atoms with van der Waals surface area (Å²) in [6.07, 6.45) is 0. The van der Waals surface area contributed by atoms with Crippen molar-refractivity contribution in [1.29, 1.82) is 0 Å². The van der Waals surface area contributed by atoms with Crippen LogP contribution in [0.2, 0.25) is 0 Å². The lowest BCUT2D eigenvalue weighted by molar-refractivity contribution is 0.137. The summed E-state index contributed by atoms with van der Waals surface area (Å²) in [4.78, 5) is 5.29. The first-order valence-corrected chi connectivity index (χ1v) is 6.77. The van der Waals surface area contributed by atoms with E-state index < -0.39 is 0 Å². The molecule has 2 rings (SSSR count). The fourth-order valence-electron chi connectivity index (χ4n) is 2.38. The minimum absolute atomic E-state index is 0.0781. The molecule has 0 bridgehead atoms. The third kappa shape index (κ3) is 3.07. The highest BCUT2D eigenvalue weighted by Gasteiger charge is 2.25. The highest BCUT2D eigenvalue weighted by molar-refractivity contribution is 7.80. The van der Waals surface area contributed by atoms with Gasteiger partial charge in [-0.15, -0.1) is 0 Å². The van der Waals surface area contributed by atoms with Gasteiger partial charge in [-0.1, -0.05) is 42.0 Å². The van der Waals surface area contributed by atoms with Gasteiger partial charge in [-0.05, 0) is 19.5 Å². The second kappa shape index (κ2) is 5.78. The number of nitrogens with two attached hydrogens (primary N) is 1. The molecule has 4 heteroatoms. The van der Waals surface area contributed by atoms with Gasteiger partial charge in [0.1, 0.15) is 0 Å². The van der Waals surface area contributed by atoms with E-state index in [4.69, 9.17) is 18.0 Å². The fourth-order valence-corrected chi connectivity index (χ4v) is 2.67. The lowest BCUT2D eigenvalue weighted by Crippen LogP contribution is -2.48. The lowest BCUT2D eigenvalue weighted by Gasteiger charge is -2.37. The minimum atomic E-state index is 0.0781. The highest BCUT2D eigenvalue weighted by atomic mass is 32.1. The van der Waals surface area contributed by atoms with Crippen molar-refractivity contribution in [2.24, 2.45) is 5.73 Å². The molecular weight excluding hydrogens is 242 g/mol. The van der Waals surface area contributed by atoms with Crippen LogP contribution in [0.25, 0.3) is 0 Å². The van der Waals surface area contributed by atoms with Gasteiger partial charge in [0.05, 0.1) is 11.0 Å². The lowest BCUT2D eigenvalue weighted by atomic mass is 10.0. The largest absolute Gasteiger partial charge is 0.392 e. The van der Waals surface area contributed by atoms with Crippen LogP contribution in [-0.4, -0.2) is 48.0 Å². The average molecular weight is 263 g/mol. The van der Waals surface area contributed by atoms with Gasteiger partial charge in [0.25, 0.3) is 0 Å². The smallest absolute Gasteiger partial charge is 0.0948 e. The van der Waals surface area contributed by atoms with Crippen molar-refractivity contribution in [2.75, 3.05) is 33.2 Å². The van der Waals surface area contributed by atoms with E-state index in [2.05, 4.69) is 48.0 Å². The summed E-state index contributed by atoms with van der Waals surface area (Å²) < 4.78 is 0. The van der Waals surface area contributed by atoms with Crippen molar-refractivity contribution in [3.63, 3.8) is 0 Å². The molecule has 1 saturated heterocycles. The number of nitrogens with zero attached hydrogens (tertiary/aromatic N) is 2. The molecule has 0 aromatic heterocycles. The molecule has 1 aliphatic heterocycles. The Bertz CT molecular complexity index is 408. The maximum atomic E-state index is 5.95. The zero-order chi connectivity index (χ0) is 13.1. The third-order valence-electron chi connectivity index (χ3n) is 3.57. The Labute approximate surface area is 115 Å². The molecule has 98 valence electrons. The van der Waals surface area contributed by atoms with Crippen LogP contribution in [0.5, 0.6) is 0 Å². The van der Waals surface area contributed by atoms with E-state index in [-0.39, 0.29) is 6.04 Å².